The molecule has 0 saturated carbocycles. The third kappa shape index (κ3) is 6.17. The summed E-state index contributed by atoms with van der Waals surface area (Å²) in [6, 6.07) is 20.8. The van der Waals surface area contributed by atoms with Crippen LogP contribution in [0.25, 0.3) is 28.2 Å². The number of pyridine rings is 1. The lowest BCUT2D eigenvalue weighted by molar-refractivity contribution is -0.142. The molecule has 13 heteroatoms. The maximum Gasteiger partial charge on any atom is 0.433 e. The van der Waals surface area contributed by atoms with Crippen molar-refractivity contribution in [1.82, 2.24) is 29.9 Å². The van der Waals surface area contributed by atoms with E-state index in [1.165, 1.54) is 24.5 Å². The third-order valence-corrected chi connectivity index (χ3v) is 6.95. The first-order chi connectivity index (χ1) is 21.3. The summed E-state index contributed by atoms with van der Waals surface area (Å²) >= 11 is 0. The monoisotopic (exact) mass is 599 g/mol. The first-order valence-electron chi connectivity index (χ1n) is 13.6. The van der Waals surface area contributed by atoms with Crippen LogP contribution >= 0.6 is 0 Å². The summed E-state index contributed by atoms with van der Waals surface area (Å²) in [6.45, 7) is 2.14. The van der Waals surface area contributed by atoms with Crippen LogP contribution in [0.3, 0.4) is 0 Å². The van der Waals surface area contributed by atoms with Crippen molar-refractivity contribution in [3.05, 3.63) is 108 Å². The number of hydrogen-bond acceptors (Lipinski definition) is 7. The minimum atomic E-state index is -4.70. The van der Waals surface area contributed by atoms with Crippen LogP contribution in [0, 0.1) is 0 Å². The second-order valence-corrected chi connectivity index (χ2v) is 9.86. The average molecular weight is 600 g/mol. The summed E-state index contributed by atoms with van der Waals surface area (Å²) in [5.41, 5.74) is 1.92. The molecule has 44 heavy (non-hydrogen) atoms. The van der Waals surface area contributed by atoms with Crippen molar-refractivity contribution in [2.75, 3.05) is 31.6 Å². The molecular weight excluding hydrogens is 575 g/mol. The number of carbonyl (C=O) groups is 2. The van der Waals surface area contributed by atoms with Crippen LogP contribution in [0.4, 0.5) is 19.0 Å². The number of rotatable bonds is 6. The maximum atomic E-state index is 13.8. The molecule has 1 N–H and O–H groups in total. The van der Waals surface area contributed by atoms with E-state index < -0.39 is 17.8 Å². The molecule has 0 unspecified atom stereocenters. The van der Waals surface area contributed by atoms with Gasteiger partial charge in [-0.05, 0) is 65.7 Å². The Kier molecular flexibility index (Phi) is 7.85. The minimum Gasteiger partial charge on any atom is -0.378 e. The molecule has 1 fully saturated rings. The molecule has 0 atom stereocenters. The first kappa shape index (κ1) is 28.7. The number of amides is 2. The van der Waals surface area contributed by atoms with Gasteiger partial charge in [0.05, 0.1) is 18.9 Å². The van der Waals surface area contributed by atoms with Gasteiger partial charge >= 0.3 is 6.18 Å². The van der Waals surface area contributed by atoms with E-state index in [0.717, 1.165) is 17.2 Å². The Bertz CT molecular complexity index is 1790. The van der Waals surface area contributed by atoms with Crippen molar-refractivity contribution in [3.8, 4) is 28.2 Å². The van der Waals surface area contributed by atoms with E-state index in [9.17, 15) is 22.8 Å². The summed E-state index contributed by atoms with van der Waals surface area (Å²) < 4.78 is 47.3. The standard InChI is InChI=1S/C31H24F3N7O3/c32-31(33,34)26-18-25(24-5-2-12-35-19-24)39-41(26)28-11-10-27(37-38-28)36-29(42)23-4-1-3-22(17-23)20-6-8-21(9-7-20)30(43)40-13-15-44-16-14-40/h1-12,17-19H,13-16H2,(H,36,37,42). The number of hydrogen-bond donors (Lipinski definition) is 1. The van der Waals surface area contributed by atoms with Crippen molar-refractivity contribution in [1.29, 1.82) is 0 Å². The molecule has 0 bridgehead atoms. The van der Waals surface area contributed by atoms with E-state index >= 15 is 0 Å². The second kappa shape index (κ2) is 12.1. The van der Waals surface area contributed by atoms with E-state index in [1.54, 1.807) is 47.4 Å². The Morgan fingerprint density at radius 2 is 1.59 bits per heavy atom. The first-order valence-corrected chi connectivity index (χ1v) is 13.6. The van der Waals surface area contributed by atoms with Crippen LogP contribution in [0.15, 0.2) is 91.3 Å². The number of carbonyl (C=O) groups excluding carboxylic acids is 2. The number of halogens is 3. The van der Waals surface area contributed by atoms with Gasteiger partial charge in [-0.25, -0.2) is 4.68 Å². The fraction of sp³-hybridized carbons (Fsp3) is 0.161. The van der Waals surface area contributed by atoms with E-state index in [-0.39, 0.29) is 23.2 Å². The van der Waals surface area contributed by atoms with Crippen molar-refractivity contribution in [2.45, 2.75) is 6.18 Å². The van der Waals surface area contributed by atoms with Crippen LogP contribution in [0.1, 0.15) is 26.4 Å². The number of anilines is 1. The fourth-order valence-electron chi connectivity index (χ4n) is 4.70. The molecule has 0 radical (unpaired) electrons. The van der Waals surface area contributed by atoms with Crippen molar-refractivity contribution < 1.29 is 27.5 Å². The number of alkyl halides is 3. The molecule has 2 amide bonds. The molecule has 1 aliphatic rings. The lowest BCUT2D eigenvalue weighted by Crippen LogP contribution is -2.40. The van der Waals surface area contributed by atoms with Gasteiger partial charge in [0, 0.05) is 42.2 Å². The summed E-state index contributed by atoms with van der Waals surface area (Å²) in [5.74, 6) is -0.676. The van der Waals surface area contributed by atoms with Gasteiger partial charge in [0.25, 0.3) is 11.8 Å². The topological polar surface area (TPSA) is 115 Å². The Morgan fingerprint density at radius 3 is 2.27 bits per heavy atom. The molecule has 222 valence electrons. The summed E-state index contributed by atoms with van der Waals surface area (Å²) in [6.07, 6.45) is -1.78. The molecule has 5 aromatic rings. The third-order valence-electron chi connectivity index (χ3n) is 6.95. The largest absolute Gasteiger partial charge is 0.433 e. The zero-order valence-electron chi connectivity index (χ0n) is 23.0. The highest BCUT2D eigenvalue weighted by molar-refractivity contribution is 6.04. The molecule has 0 aliphatic carbocycles. The number of benzene rings is 2. The highest BCUT2D eigenvalue weighted by atomic mass is 19.4. The fourth-order valence-corrected chi connectivity index (χ4v) is 4.70. The molecular formula is C31H24F3N7O3. The Hall–Kier alpha value is -5.43. The van der Waals surface area contributed by atoms with Gasteiger partial charge in [-0.3, -0.25) is 14.6 Å². The van der Waals surface area contributed by atoms with Gasteiger partial charge in [0.15, 0.2) is 17.3 Å². The van der Waals surface area contributed by atoms with Gasteiger partial charge < -0.3 is 15.0 Å². The van der Waals surface area contributed by atoms with Gasteiger partial charge in [-0.15, -0.1) is 10.2 Å². The molecule has 1 aliphatic heterocycles. The Morgan fingerprint density at radius 1 is 0.818 bits per heavy atom. The van der Waals surface area contributed by atoms with E-state index in [0.29, 0.717) is 47.7 Å². The lowest BCUT2D eigenvalue weighted by Gasteiger charge is -2.26. The van der Waals surface area contributed by atoms with Crippen LogP contribution in [0.2, 0.25) is 0 Å². The highest BCUT2D eigenvalue weighted by Crippen LogP contribution is 2.33. The molecule has 4 heterocycles. The quantitative estimate of drug-likeness (QED) is 0.288. The van der Waals surface area contributed by atoms with Crippen LogP contribution < -0.4 is 5.32 Å². The number of ether oxygens (including phenoxy) is 1. The van der Waals surface area contributed by atoms with Crippen LogP contribution in [-0.4, -0.2) is 68.0 Å². The predicted octanol–water partition coefficient (Wildman–Crippen LogP) is 5.13. The van der Waals surface area contributed by atoms with Crippen molar-refractivity contribution in [3.63, 3.8) is 0 Å². The molecule has 0 spiro atoms. The number of nitrogens with zero attached hydrogens (tertiary/aromatic N) is 6. The molecule has 6 rings (SSSR count). The zero-order valence-corrected chi connectivity index (χ0v) is 23.0. The second-order valence-electron chi connectivity index (χ2n) is 9.86. The van der Waals surface area contributed by atoms with Gasteiger partial charge in [0.2, 0.25) is 0 Å². The number of aromatic nitrogens is 5. The van der Waals surface area contributed by atoms with Gasteiger partial charge in [-0.2, -0.15) is 18.3 Å². The normalized spacial score (nSPS) is 13.5. The van der Waals surface area contributed by atoms with E-state index in [4.69, 9.17) is 4.74 Å². The van der Waals surface area contributed by atoms with Gasteiger partial charge in [0.1, 0.15) is 0 Å². The van der Waals surface area contributed by atoms with Crippen LogP contribution in [-0.2, 0) is 10.9 Å². The highest BCUT2D eigenvalue weighted by Gasteiger charge is 2.37. The smallest absolute Gasteiger partial charge is 0.378 e. The minimum absolute atomic E-state index is 0.0447. The van der Waals surface area contributed by atoms with Crippen molar-refractivity contribution >= 4 is 17.6 Å². The SMILES string of the molecule is O=C(Nc1ccc(-n2nc(-c3cccnc3)cc2C(F)(F)F)nn1)c1cccc(-c2ccc(C(=O)N3CCOCC3)cc2)c1. The summed E-state index contributed by atoms with van der Waals surface area (Å²) in [7, 11) is 0. The van der Waals surface area contributed by atoms with E-state index in [1.807, 2.05) is 18.2 Å². The predicted molar refractivity (Wildman–Crippen MR) is 154 cm³/mol. The lowest BCUT2D eigenvalue weighted by atomic mass is 10.0. The van der Waals surface area contributed by atoms with E-state index in [2.05, 4.69) is 25.6 Å². The summed E-state index contributed by atoms with van der Waals surface area (Å²) in [5, 5.41) is 14.5. The number of nitrogens with one attached hydrogen (secondary N) is 1. The average Bonchev–Trinajstić information content (AvgIpc) is 3.52. The number of morpholine rings is 1. The zero-order chi connectivity index (χ0) is 30.7. The molecule has 1 saturated heterocycles. The Labute approximate surface area is 249 Å². The van der Waals surface area contributed by atoms with Gasteiger partial charge in [-0.1, -0.05) is 24.3 Å². The molecule has 3 aromatic heterocycles. The molecule has 2 aromatic carbocycles. The van der Waals surface area contributed by atoms with Crippen molar-refractivity contribution in [2.24, 2.45) is 0 Å². The summed E-state index contributed by atoms with van der Waals surface area (Å²) in [4.78, 5) is 31.4. The maximum absolute atomic E-state index is 13.8. The van der Waals surface area contributed by atoms with Crippen LogP contribution in [0.5, 0.6) is 0 Å². The Balaban J connectivity index is 1.16. The molecule has 10 nitrogen and oxygen atoms in total.